The second-order valence-electron chi connectivity index (χ2n) is 3.18. The highest BCUT2D eigenvalue weighted by Crippen LogP contribution is 2.07. The summed E-state index contributed by atoms with van der Waals surface area (Å²) < 4.78 is 11.5. The highest BCUT2D eigenvalue weighted by Gasteiger charge is 2.32. The Morgan fingerprint density at radius 1 is 1.00 bits per heavy atom. The van der Waals surface area contributed by atoms with E-state index < -0.39 is 8.56 Å². The quantitative estimate of drug-likeness (QED) is 0.692. The van der Waals surface area contributed by atoms with E-state index in [2.05, 4.69) is 18.7 Å². The third kappa shape index (κ3) is 2.67. The minimum atomic E-state index is -2.13. The van der Waals surface area contributed by atoms with Gasteiger partial charge in [-0.1, -0.05) is 30.3 Å². The molecule has 0 amide bonds. The molecule has 0 bridgehead atoms. The van der Waals surface area contributed by atoms with Crippen molar-refractivity contribution in [1.29, 1.82) is 0 Å². The van der Waals surface area contributed by atoms with E-state index in [0.717, 1.165) is 0 Å². The summed E-state index contributed by atoms with van der Waals surface area (Å²) in [5.41, 5.74) is 0. The van der Waals surface area contributed by atoms with Crippen LogP contribution in [0.3, 0.4) is 0 Å². The molecule has 1 aromatic rings. The molecule has 0 atom stereocenters. The van der Waals surface area contributed by atoms with Gasteiger partial charge >= 0.3 is 8.56 Å². The van der Waals surface area contributed by atoms with Gasteiger partial charge in [0, 0.05) is 13.2 Å². The molecule has 0 aliphatic heterocycles. The molecule has 2 nitrogen and oxygen atoms in total. The molecule has 0 fully saturated rings. The van der Waals surface area contributed by atoms with E-state index in [1.165, 1.54) is 5.19 Å². The molecule has 3 heteroatoms. The van der Waals surface area contributed by atoms with E-state index in [0.29, 0.717) is 13.2 Å². The monoisotopic (exact) mass is 210 g/mol. The lowest BCUT2D eigenvalue weighted by atomic mass is 10.4. The van der Waals surface area contributed by atoms with Crippen molar-refractivity contribution in [3.05, 3.63) is 30.3 Å². The van der Waals surface area contributed by atoms with Gasteiger partial charge in [0.25, 0.3) is 0 Å². The summed E-state index contributed by atoms with van der Waals surface area (Å²) in [6.07, 6.45) is 0. The molecule has 0 aromatic heterocycles. The predicted molar refractivity (Wildman–Crippen MR) is 60.9 cm³/mol. The Labute approximate surface area is 87.1 Å². The van der Waals surface area contributed by atoms with Crippen LogP contribution in [0.5, 0.6) is 0 Å². The first kappa shape index (κ1) is 11.4. The molecule has 0 unspecified atom stereocenters. The van der Waals surface area contributed by atoms with Gasteiger partial charge in [0.2, 0.25) is 0 Å². The van der Waals surface area contributed by atoms with Crippen LogP contribution in [0.2, 0.25) is 6.55 Å². The summed E-state index contributed by atoms with van der Waals surface area (Å²) in [5.74, 6) is 0. The number of hydrogen-bond donors (Lipinski definition) is 0. The zero-order valence-corrected chi connectivity index (χ0v) is 10.1. The summed E-state index contributed by atoms with van der Waals surface area (Å²) in [6, 6.07) is 10.2. The molecule has 0 saturated carbocycles. The second-order valence-corrected chi connectivity index (χ2v) is 6.22. The fourth-order valence-electron chi connectivity index (χ4n) is 1.50. The van der Waals surface area contributed by atoms with Crippen LogP contribution in [0.4, 0.5) is 0 Å². The van der Waals surface area contributed by atoms with E-state index >= 15 is 0 Å². The van der Waals surface area contributed by atoms with Crippen molar-refractivity contribution in [3.63, 3.8) is 0 Å². The average Bonchev–Trinajstić information content (AvgIpc) is 2.20. The van der Waals surface area contributed by atoms with Gasteiger partial charge in [-0.25, -0.2) is 0 Å². The number of hydrogen-bond acceptors (Lipinski definition) is 2. The van der Waals surface area contributed by atoms with E-state index in [1.54, 1.807) is 0 Å². The molecule has 0 aliphatic rings. The van der Waals surface area contributed by atoms with Crippen LogP contribution in [0, 0.1) is 0 Å². The van der Waals surface area contributed by atoms with E-state index in [-0.39, 0.29) is 0 Å². The van der Waals surface area contributed by atoms with Crippen molar-refractivity contribution >= 4 is 13.7 Å². The summed E-state index contributed by atoms with van der Waals surface area (Å²) in [7, 11) is -2.13. The maximum absolute atomic E-state index is 5.77. The molecule has 0 saturated heterocycles. The molecule has 1 aromatic carbocycles. The highest BCUT2D eigenvalue weighted by atomic mass is 28.4. The number of rotatable bonds is 5. The van der Waals surface area contributed by atoms with Crippen molar-refractivity contribution in [1.82, 2.24) is 0 Å². The summed E-state index contributed by atoms with van der Waals surface area (Å²) >= 11 is 0. The summed E-state index contributed by atoms with van der Waals surface area (Å²) in [6.45, 7) is 7.52. The van der Waals surface area contributed by atoms with Crippen LogP contribution in [0.1, 0.15) is 13.8 Å². The molecule has 0 aliphatic carbocycles. The van der Waals surface area contributed by atoms with Crippen LogP contribution >= 0.6 is 0 Å². The second kappa shape index (κ2) is 5.29. The Morgan fingerprint density at radius 2 is 1.50 bits per heavy atom. The zero-order valence-electron chi connectivity index (χ0n) is 9.12. The Kier molecular flexibility index (Phi) is 4.32. The van der Waals surface area contributed by atoms with Gasteiger partial charge in [-0.05, 0) is 25.6 Å². The smallest absolute Gasteiger partial charge is 0.369 e. The fraction of sp³-hybridized carbons (Fsp3) is 0.455. The van der Waals surface area contributed by atoms with Gasteiger partial charge in [-0.2, -0.15) is 0 Å². The molecular formula is C11H18O2Si. The molecular weight excluding hydrogens is 192 g/mol. The van der Waals surface area contributed by atoms with Crippen molar-refractivity contribution in [2.45, 2.75) is 20.4 Å². The molecule has 0 heterocycles. The Balaban J connectivity index is 2.87. The van der Waals surface area contributed by atoms with Crippen LogP contribution in [-0.4, -0.2) is 21.8 Å². The van der Waals surface area contributed by atoms with Gasteiger partial charge in [-0.15, -0.1) is 0 Å². The number of benzene rings is 1. The SMILES string of the molecule is CCO[Si](C)(OCC)c1ccccc1. The van der Waals surface area contributed by atoms with Crippen molar-refractivity contribution in [2.75, 3.05) is 13.2 Å². The van der Waals surface area contributed by atoms with E-state index in [1.807, 2.05) is 32.0 Å². The normalized spacial score (nSPS) is 11.6. The molecule has 0 N–H and O–H groups in total. The minimum absolute atomic E-state index is 0.706. The van der Waals surface area contributed by atoms with Crippen LogP contribution < -0.4 is 5.19 Å². The van der Waals surface area contributed by atoms with Gasteiger partial charge in [0.1, 0.15) is 0 Å². The van der Waals surface area contributed by atoms with E-state index in [4.69, 9.17) is 8.85 Å². The molecule has 78 valence electrons. The Hall–Kier alpha value is -0.643. The summed E-state index contributed by atoms with van der Waals surface area (Å²) in [4.78, 5) is 0. The standard InChI is InChI=1S/C11H18O2Si/c1-4-12-14(3,13-5-2)11-9-7-6-8-10-11/h6-10H,4-5H2,1-3H3. The maximum Gasteiger partial charge on any atom is 0.369 e. The van der Waals surface area contributed by atoms with Gasteiger partial charge < -0.3 is 8.85 Å². The molecule has 1 rings (SSSR count). The first-order chi connectivity index (χ1) is 6.73. The molecule has 0 spiro atoms. The Morgan fingerprint density at radius 3 is 1.93 bits per heavy atom. The minimum Gasteiger partial charge on any atom is -0.391 e. The maximum atomic E-state index is 5.77. The van der Waals surface area contributed by atoms with Gasteiger partial charge in [0.15, 0.2) is 0 Å². The third-order valence-corrected chi connectivity index (χ3v) is 5.20. The van der Waals surface area contributed by atoms with Crippen molar-refractivity contribution in [3.8, 4) is 0 Å². The van der Waals surface area contributed by atoms with Gasteiger partial charge in [-0.3, -0.25) is 0 Å². The third-order valence-electron chi connectivity index (χ3n) is 2.14. The molecule has 14 heavy (non-hydrogen) atoms. The lowest BCUT2D eigenvalue weighted by molar-refractivity contribution is 0.202. The van der Waals surface area contributed by atoms with Crippen molar-refractivity contribution < 1.29 is 8.85 Å². The lowest BCUT2D eigenvalue weighted by Gasteiger charge is -2.26. The lowest BCUT2D eigenvalue weighted by Crippen LogP contribution is -2.51. The largest absolute Gasteiger partial charge is 0.391 e. The van der Waals surface area contributed by atoms with Crippen LogP contribution in [0.25, 0.3) is 0 Å². The predicted octanol–water partition coefficient (Wildman–Crippen LogP) is 2.04. The van der Waals surface area contributed by atoms with E-state index in [9.17, 15) is 0 Å². The average molecular weight is 210 g/mol. The molecule has 0 radical (unpaired) electrons. The summed E-state index contributed by atoms with van der Waals surface area (Å²) in [5, 5.41) is 1.20. The fourth-order valence-corrected chi connectivity index (χ4v) is 3.82. The topological polar surface area (TPSA) is 18.5 Å². The first-order valence-electron chi connectivity index (χ1n) is 5.06. The van der Waals surface area contributed by atoms with Crippen molar-refractivity contribution in [2.24, 2.45) is 0 Å². The van der Waals surface area contributed by atoms with Gasteiger partial charge in [0.05, 0.1) is 0 Å². The Bertz CT molecular complexity index is 255. The zero-order chi connectivity index (χ0) is 10.4. The highest BCUT2D eigenvalue weighted by molar-refractivity contribution is 6.79. The van der Waals surface area contributed by atoms with Crippen LogP contribution in [-0.2, 0) is 8.85 Å². The van der Waals surface area contributed by atoms with Crippen LogP contribution in [0.15, 0.2) is 30.3 Å². The first-order valence-corrected chi connectivity index (χ1v) is 7.38.